The SMILES string of the molecule is CO[C@@H]1[C@@H](O)[C@H](O[C@H]2CC[C@@]3(C)C(=CCC4C3CC[C@@]3(C)C4C[C@@H](O[C@@H]4O[C@H](CO[C@@H]5O[C@H](CO)[C@@H](O)[C@H](O)[C@H]5O[C@@H]5O[C@H](CO)[C@@H](O)[C@H](O)[C@H]5O)[C@@H](O)[C@H](O)[C@H]4O)[C@@H]3C(C)=O)C2)O[C@H](C)[C@H]1O[C@H]1C[C@H](OC)[C@H](O[C@H]2C[C@H](OC)[C@H](OC(=O)C=C(C)C)[C@@H](C)O2)[C@@H](C)O1. The van der Waals surface area contributed by atoms with Gasteiger partial charge in [-0.3, -0.25) is 4.79 Å². The van der Waals surface area contributed by atoms with E-state index in [9.17, 15) is 65.8 Å². The highest BCUT2D eigenvalue weighted by molar-refractivity contribution is 5.82. The van der Waals surface area contributed by atoms with E-state index in [4.69, 9.17) is 75.8 Å². The van der Waals surface area contributed by atoms with Crippen LogP contribution in [0.5, 0.6) is 0 Å². The van der Waals surface area contributed by atoms with Gasteiger partial charge in [0.1, 0.15) is 110 Å². The number of methoxy groups -OCH3 is 3. The number of carbonyl (C=O) groups excluding carboxylic acids is 2. The molecule has 6 heterocycles. The molecule has 0 aromatic heterocycles. The topological polar surface area (TPSA) is 404 Å². The van der Waals surface area contributed by atoms with Gasteiger partial charge in [0.25, 0.3) is 0 Å². The van der Waals surface area contributed by atoms with Crippen molar-refractivity contribution in [1.82, 2.24) is 0 Å². The maximum atomic E-state index is 13.9. The second kappa shape index (κ2) is 30.8. The summed E-state index contributed by atoms with van der Waals surface area (Å²) >= 11 is 0. The van der Waals surface area contributed by atoms with Crippen LogP contribution in [0.4, 0.5) is 0 Å². The minimum Gasteiger partial charge on any atom is -0.454 e. The maximum absolute atomic E-state index is 13.9. The number of ketones is 1. The lowest BCUT2D eigenvalue weighted by Gasteiger charge is -2.58. The quantitative estimate of drug-likeness (QED) is 0.0375. The molecule has 4 aliphatic carbocycles. The highest BCUT2D eigenvalue weighted by Crippen LogP contribution is 2.67. The van der Waals surface area contributed by atoms with E-state index in [2.05, 4.69) is 19.9 Å². The molecule has 6 saturated heterocycles. The van der Waals surface area contributed by atoms with E-state index in [0.29, 0.717) is 32.1 Å². The zero-order valence-corrected chi connectivity index (χ0v) is 55.5. The Labute approximate surface area is 548 Å². The molecule has 0 bridgehead atoms. The summed E-state index contributed by atoms with van der Waals surface area (Å²) in [7, 11) is 4.65. The van der Waals surface area contributed by atoms with Crippen LogP contribution < -0.4 is 0 Å². The number of hydrogen-bond acceptors (Lipinski definition) is 29. The van der Waals surface area contributed by atoms with Crippen molar-refractivity contribution in [3.05, 3.63) is 23.3 Å². The molecular weight excluding hydrogens is 1240 g/mol. The molecule has 3 unspecified atom stereocenters. The third-order valence-corrected chi connectivity index (χ3v) is 22.3. The molecule has 10 rings (SSSR count). The van der Waals surface area contributed by atoms with E-state index in [-0.39, 0.29) is 41.5 Å². The van der Waals surface area contributed by atoms with E-state index in [0.717, 1.165) is 24.8 Å². The Bertz CT molecular complexity index is 2580. The van der Waals surface area contributed by atoms with E-state index in [1.165, 1.54) is 25.7 Å². The van der Waals surface area contributed by atoms with Crippen LogP contribution in [0.2, 0.25) is 0 Å². The molecule has 11 N–H and O–H groups in total. The van der Waals surface area contributed by atoms with Crippen LogP contribution in [0.25, 0.3) is 0 Å². The van der Waals surface area contributed by atoms with Crippen molar-refractivity contribution in [2.24, 2.45) is 34.5 Å². The average Bonchev–Trinajstić information content (AvgIpc) is 1.45. The fourth-order valence-corrected chi connectivity index (χ4v) is 17.3. The number of ether oxygens (including phenoxy) is 16. The fourth-order valence-electron chi connectivity index (χ4n) is 17.3. The molecule has 0 aromatic carbocycles. The van der Waals surface area contributed by atoms with Gasteiger partial charge in [0, 0.05) is 46.2 Å². The molecule has 6 aliphatic heterocycles. The number of allylic oxidation sites excluding steroid dienone is 2. The molecule has 10 aliphatic rings. The largest absolute Gasteiger partial charge is 0.454 e. The van der Waals surface area contributed by atoms with Crippen molar-refractivity contribution < 1.29 is 142 Å². The third-order valence-electron chi connectivity index (χ3n) is 22.3. The molecule has 29 nitrogen and oxygen atoms in total. The Morgan fingerprint density at radius 1 is 0.543 bits per heavy atom. The number of rotatable bonds is 21. The molecule has 9 fully saturated rings. The summed E-state index contributed by atoms with van der Waals surface area (Å²) in [5, 5.41) is 119. The molecule has 29 heteroatoms. The zero-order chi connectivity index (χ0) is 68.2. The Hall–Kier alpha value is -2.42. The Balaban J connectivity index is 0.744. The van der Waals surface area contributed by atoms with Gasteiger partial charge in [0.05, 0.1) is 56.4 Å². The van der Waals surface area contributed by atoms with Gasteiger partial charge in [-0.1, -0.05) is 31.1 Å². The Morgan fingerprint density at radius 2 is 1.10 bits per heavy atom. The highest BCUT2D eigenvalue weighted by Gasteiger charge is 2.64. The summed E-state index contributed by atoms with van der Waals surface area (Å²) in [4.78, 5) is 26.5. The monoisotopic (exact) mass is 1350 g/mol. The number of carbonyl (C=O) groups is 2. The van der Waals surface area contributed by atoms with Crippen molar-refractivity contribution in [3.63, 3.8) is 0 Å². The first-order valence-electron chi connectivity index (χ1n) is 33.4. The van der Waals surface area contributed by atoms with Crippen molar-refractivity contribution in [1.29, 1.82) is 0 Å². The lowest BCUT2D eigenvalue weighted by Crippen LogP contribution is -2.65. The van der Waals surface area contributed by atoms with Gasteiger partial charge in [0.15, 0.2) is 43.8 Å². The molecule has 0 amide bonds. The lowest BCUT2D eigenvalue weighted by molar-refractivity contribution is -0.373. The van der Waals surface area contributed by atoms with E-state index in [1.807, 2.05) is 27.7 Å². The number of aliphatic hydroxyl groups excluding tert-OH is 11. The predicted molar refractivity (Wildman–Crippen MR) is 320 cm³/mol. The molecule has 3 saturated carbocycles. The van der Waals surface area contributed by atoms with Gasteiger partial charge in [-0.2, -0.15) is 0 Å². The number of hydrogen-bond donors (Lipinski definition) is 11. The van der Waals surface area contributed by atoms with Crippen LogP contribution in [-0.2, 0) is 85.4 Å². The van der Waals surface area contributed by atoms with Crippen LogP contribution in [0, 0.1) is 34.5 Å². The summed E-state index contributed by atoms with van der Waals surface area (Å²) in [6.07, 6.45) is -27.0. The van der Waals surface area contributed by atoms with Crippen molar-refractivity contribution in [2.75, 3.05) is 41.2 Å². The Kier molecular flexibility index (Phi) is 24.4. The van der Waals surface area contributed by atoms with Crippen molar-refractivity contribution in [3.8, 4) is 0 Å². The summed E-state index contributed by atoms with van der Waals surface area (Å²) < 4.78 is 98.0. The van der Waals surface area contributed by atoms with Gasteiger partial charge in [0.2, 0.25) is 0 Å². The summed E-state index contributed by atoms with van der Waals surface area (Å²) in [6.45, 7) is 12.9. The summed E-state index contributed by atoms with van der Waals surface area (Å²) in [5.74, 6) is -0.848. The van der Waals surface area contributed by atoms with Crippen LogP contribution in [0.1, 0.15) is 113 Å². The number of esters is 1. The van der Waals surface area contributed by atoms with Gasteiger partial charge in [-0.05, 0) is 115 Å². The van der Waals surface area contributed by atoms with E-state index < -0.39 is 215 Å². The van der Waals surface area contributed by atoms with E-state index >= 15 is 0 Å². The number of fused-ring (bicyclic) bond motifs is 5. The highest BCUT2D eigenvalue weighted by atomic mass is 16.8. The lowest BCUT2D eigenvalue weighted by atomic mass is 9.47. The molecule has 94 heavy (non-hydrogen) atoms. The summed E-state index contributed by atoms with van der Waals surface area (Å²) in [6, 6.07) is 0. The first-order chi connectivity index (χ1) is 44.6. The third kappa shape index (κ3) is 14.8. The minimum absolute atomic E-state index is 0.00797. The minimum atomic E-state index is -1.92. The number of Topliss-reactive ketones (excluding diaryl/α,β-unsaturated/α-hetero) is 1. The van der Waals surface area contributed by atoms with Crippen LogP contribution in [0.3, 0.4) is 0 Å². The molecule has 538 valence electrons. The maximum Gasteiger partial charge on any atom is 0.331 e. The van der Waals surface area contributed by atoms with Crippen molar-refractivity contribution in [2.45, 2.75) is 297 Å². The average molecular weight is 1350 g/mol. The number of aliphatic hydroxyl groups is 11. The molecular formula is C65H104O29. The normalized spacial score (nSPS) is 50.6. The van der Waals surface area contributed by atoms with Crippen molar-refractivity contribution >= 4 is 11.8 Å². The van der Waals surface area contributed by atoms with Gasteiger partial charge in [-0.15, -0.1) is 0 Å². The first-order valence-corrected chi connectivity index (χ1v) is 33.4. The molecule has 0 spiro atoms. The van der Waals surface area contributed by atoms with Crippen LogP contribution in [-0.4, -0.2) is 293 Å². The predicted octanol–water partition coefficient (Wildman–Crippen LogP) is -0.948. The van der Waals surface area contributed by atoms with Gasteiger partial charge in [-0.25, -0.2) is 4.79 Å². The smallest absolute Gasteiger partial charge is 0.331 e. The zero-order valence-electron chi connectivity index (χ0n) is 55.5. The first kappa shape index (κ1) is 74.3. The van der Waals surface area contributed by atoms with E-state index in [1.54, 1.807) is 21.1 Å². The fraction of sp³-hybridized carbons (Fsp3) is 0.908. The van der Waals surface area contributed by atoms with Crippen LogP contribution in [0.15, 0.2) is 23.3 Å². The molecule has 0 aromatic rings. The summed E-state index contributed by atoms with van der Waals surface area (Å²) in [5.41, 5.74) is 1.33. The second-order valence-corrected chi connectivity index (χ2v) is 28.4. The molecule has 36 atom stereocenters. The molecule has 0 radical (unpaired) electrons. The van der Waals surface area contributed by atoms with Crippen LogP contribution >= 0.6 is 0 Å². The van der Waals surface area contributed by atoms with Gasteiger partial charge < -0.3 is 132 Å². The van der Waals surface area contributed by atoms with Gasteiger partial charge >= 0.3 is 5.97 Å². The second-order valence-electron chi connectivity index (χ2n) is 28.4. The Morgan fingerprint density at radius 3 is 1.70 bits per heavy atom. The standard InChI is InChI=1S/C65H104O29/c1-26(2)18-42(69)91-55-28(4)83-43(21-37(55)79-9)92-56-29(5)84-44(22-38(56)80-10)93-57-30(6)85-62(54(78)58(57)81-11)86-32-14-16-64(7)31(19-32)12-13-33-34(64)15-17-65(8)35(33)20-36(45(65)27(3)68)87-60-52(76)50(74)48(72)41(90-60)25-82-63-59(51(75)47(71)40(24-67)89-63)94-61-53(77)49(73)46(70)39(23-66)88-61/h12,18,28-30,32-41,43-63,66-67,70-78H,13-17,19-25H2,1-11H3/t28-,29-,30-,32+,33?,34?,35?,36-,37+,38+,39-,40-,41-,43+,44+,45+,46-,47-,48-,49+,50+,51+,52-,53-,54-,55-,56-,57-,58-,59-,60-,61+,62+,63-,64+,65+/m1/s1.